The third kappa shape index (κ3) is 6.33. The lowest BCUT2D eigenvalue weighted by Gasteiger charge is -2.42. The number of rotatable bonds is 9. The highest BCUT2D eigenvalue weighted by Gasteiger charge is 2.45. The van der Waals surface area contributed by atoms with Crippen molar-refractivity contribution in [1.82, 2.24) is 0 Å². The molecule has 152 valence electrons. The van der Waals surface area contributed by atoms with Gasteiger partial charge in [-0.15, -0.1) is 0 Å². The number of allylic oxidation sites excluding steroid dienone is 1. The maximum Gasteiger partial charge on any atom is 0.200 e. The summed E-state index contributed by atoms with van der Waals surface area (Å²) < 4.78 is 12.7. The quantitative estimate of drug-likeness (QED) is 0.401. The summed E-state index contributed by atoms with van der Waals surface area (Å²) in [6.45, 7) is 21.4. The average Bonchev–Trinajstić information content (AvgIpc) is 2.90. The molecular formula is C22H42O3Si. The van der Waals surface area contributed by atoms with Crippen LogP contribution in [0.25, 0.3) is 0 Å². The molecule has 0 unspecified atom stereocenters. The molecule has 0 spiro atoms. The molecule has 0 radical (unpaired) electrons. The molecule has 1 rings (SSSR count). The Morgan fingerprint density at radius 2 is 1.62 bits per heavy atom. The van der Waals surface area contributed by atoms with Gasteiger partial charge in [0.25, 0.3) is 0 Å². The molecule has 0 fully saturated rings. The summed E-state index contributed by atoms with van der Waals surface area (Å²) in [7, 11) is -1.90. The first-order chi connectivity index (χ1) is 11.9. The Kier molecular flexibility index (Phi) is 8.79. The van der Waals surface area contributed by atoms with Gasteiger partial charge in [-0.3, -0.25) is 0 Å². The van der Waals surface area contributed by atoms with Crippen molar-refractivity contribution in [2.75, 3.05) is 13.2 Å². The van der Waals surface area contributed by atoms with Crippen molar-refractivity contribution in [2.24, 2.45) is 5.92 Å². The second kappa shape index (κ2) is 9.68. The standard InChI is InChI=1S/C22H42O3Si/c1-16(2)26(17(3)4,18(5)6)25-15-20(12-13-24-22(7,8)9)19-10-11-21(23)14-19/h10-12,16-19,21,23H,13-15H2,1-9H3/b20-12-/t19-,21+/m1/s1. The van der Waals surface area contributed by atoms with E-state index in [1.165, 1.54) is 5.57 Å². The highest BCUT2D eigenvalue weighted by molar-refractivity contribution is 6.77. The largest absolute Gasteiger partial charge is 0.412 e. The fourth-order valence-corrected chi connectivity index (χ4v) is 9.80. The third-order valence-electron chi connectivity index (χ3n) is 5.60. The van der Waals surface area contributed by atoms with E-state index in [2.05, 4.69) is 74.5 Å². The molecule has 0 amide bonds. The molecule has 3 nitrogen and oxygen atoms in total. The maximum atomic E-state index is 9.92. The van der Waals surface area contributed by atoms with E-state index < -0.39 is 8.32 Å². The molecular weight excluding hydrogens is 340 g/mol. The Labute approximate surface area is 163 Å². The van der Waals surface area contributed by atoms with Gasteiger partial charge in [0.2, 0.25) is 8.32 Å². The molecule has 1 aliphatic rings. The average molecular weight is 383 g/mol. The predicted molar refractivity (Wildman–Crippen MR) is 114 cm³/mol. The van der Waals surface area contributed by atoms with Crippen molar-refractivity contribution in [2.45, 2.75) is 97.1 Å². The summed E-state index contributed by atoms with van der Waals surface area (Å²) in [5.74, 6) is 0.256. The van der Waals surface area contributed by atoms with Gasteiger partial charge < -0.3 is 14.3 Å². The van der Waals surface area contributed by atoms with Gasteiger partial charge in [-0.05, 0) is 49.4 Å². The number of hydrogen-bond acceptors (Lipinski definition) is 3. The van der Waals surface area contributed by atoms with E-state index in [4.69, 9.17) is 9.16 Å². The topological polar surface area (TPSA) is 38.7 Å². The van der Waals surface area contributed by atoms with E-state index in [1.54, 1.807) is 0 Å². The molecule has 1 N–H and O–H groups in total. The van der Waals surface area contributed by atoms with Crippen molar-refractivity contribution in [3.8, 4) is 0 Å². The zero-order chi connectivity index (χ0) is 20.1. The van der Waals surface area contributed by atoms with Gasteiger partial charge in [0.05, 0.1) is 24.9 Å². The molecule has 1 aliphatic carbocycles. The first-order valence-electron chi connectivity index (χ1n) is 10.2. The van der Waals surface area contributed by atoms with E-state index in [9.17, 15) is 5.11 Å². The predicted octanol–water partition coefficient (Wildman–Crippen LogP) is 5.86. The van der Waals surface area contributed by atoms with Crippen molar-refractivity contribution in [1.29, 1.82) is 0 Å². The Balaban J connectivity index is 2.97. The van der Waals surface area contributed by atoms with Crippen LogP contribution in [0.1, 0.15) is 68.7 Å². The van der Waals surface area contributed by atoms with Crippen molar-refractivity contribution in [3.63, 3.8) is 0 Å². The highest BCUT2D eigenvalue weighted by atomic mass is 28.4. The zero-order valence-electron chi connectivity index (χ0n) is 18.5. The molecule has 0 aromatic rings. The second-order valence-electron chi connectivity index (χ2n) is 9.60. The van der Waals surface area contributed by atoms with Crippen LogP contribution in [0.15, 0.2) is 23.8 Å². The van der Waals surface area contributed by atoms with E-state index in [-0.39, 0.29) is 17.6 Å². The SMILES string of the molecule is CC(C)[Si](OC/C(=C/COC(C)(C)C)[C@@H]1C=C[C@H](O)C1)(C(C)C)C(C)C. The summed E-state index contributed by atoms with van der Waals surface area (Å²) >= 11 is 0. The van der Waals surface area contributed by atoms with Crippen LogP contribution in [0.5, 0.6) is 0 Å². The van der Waals surface area contributed by atoms with Crippen LogP contribution in [-0.2, 0) is 9.16 Å². The molecule has 26 heavy (non-hydrogen) atoms. The van der Waals surface area contributed by atoms with Gasteiger partial charge in [0.15, 0.2) is 0 Å². The Hall–Kier alpha value is -0.423. The van der Waals surface area contributed by atoms with Crippen LogP contribution < -0.4 is 0 Å². The normalized spacial score (nSPS) is 22.3. The maximum absolute atomic E-state index is 9.92. The van der Waals surface area contributed by atoms with Crippen molar-refractivity contribution >= 4 is 8.32 Å². The number of ether oxygens (including phenoxy) is 1. The molecule has 0 heterocycles. The van der Waals surface area contributed by atoms with Crippen LogP contribution in [0.4, 0.5) is 0 Å². The summed E-state index contributed by atoms with van der Waals surface area (Å²) in [5.41, 5.74) is 2.80. The van der Waals surface area contributed by atoms with Gasteiger partial charge in [-0.25, -0.2) is 0 Å². The second-order valence-corrected chi connectivity index (χ2v) is 15.1. The van der Waals surface area contributed by atoms with Crippen molar-refractivity contribution in [3.05, 3.63) is 23.8 Å². The van der Waals surface area contributed by atoms with Crippen LogP contribution in [0.2, 0.25) is 16.6 Å². The highest BCUT2D eigenvalue weighted by Crippen LogP contribution is 2.43. The Morgan fingerprint density at radius 3 is 2.00 bits per heavy atom. The lowest BCUT2D eigenvalue weighted by atomic mass is 9.98. The van der Waals surface area contributed by atoms with E-state index in [1.807, 2.05) is 6.08 Å². The number of aliphatic hydroxyl groups is 1. The fourth-order valence-electron chi connectivity index (χ4n) is 4.38. The lowest BCUT2D eigenvalue weighted by molar-refractivity contribution is 0.0144. The molecule has 0 bridgehead atoms. The molecule has 0 aromatic carbocycles. The van der Waals surface area contributed by atoms with E-state index in [0.717, 1.165) is 6.42 Å². The molecule has 4 heteroatoms. The summed E-state index contributed by atoms with van der Waals surface area (Å²) in [6.07, 6.45) is 6.62. The molecule has 0 saturated carbocycles. The van der Waals surface area contributed by atoms with Gasteiger partial charge in [0, 0.05) is 5.92 Å². The van der Waals surface area contributed by atoms with E-state index >= 15 is 0 Å². The van der Waals surface area contributed by atoms with Gasteiger partial charge in [-0.1, -0.05) is 59.8 Å². The monoisotopic (exact) mass is 382 g/mol. The van der Waals surface area contributed by atoms with Crippen LogP contribution in [0.3, 0.4) is 0 Å². The summed E-state index contributed by atoms with van der Waals surface area (Å²) in [5, 5.41) is 9.92. The van der Waals surface area contributed by atoms with Gasteiger partial charge in [-0.2, -0.15) is 0 Å². The Bertz CT molecular complexity index is 464. The zero-order valence-corrected chi connectivity index (χ0v) is 19.5. The van der Waals surface area contributed by atoms with Crippen LogP contribution in [0, 0.1) is 5.92 Å². The third-order valence-corrected chi connectivity index (χ3v) is 11.7. The molecule has 0 aliphatic heterocycles. The fraction of sp³-hybridized carbons (Fsp3) is 0.818. The summed E-state index contributed by atoms with van der Waals surface area (Å²) in [4.78, 5) is 0. The number of aliphatic hydroxyl groups excluding tert-OH is 1. The van der Waals surface area contributed by atoms with Crippen molar-refractivity contribution < 1.29 is 14.3 Å². The first-order valence-corrected chi connectivity index (χ1v) is 12.4. The molecule has 0 saturated heterocycles. The minimum atomic E-state index is -1.90. The number of hydrogen-bond donors (Lipinski definition) is 1. The smallest absolute Gasteiger partial charge is 0.200 e. The van der Waals surface area contributed by atoms with Crippen LogP contribution >= 0.6 is 0 Å². The lowest BCUT2D eigenvalue weighted by Crippen LogP contribution is -2.48. The Morgan fingerprint density at radius 1 is 1.08 bits per heavy atom. The molecule has 0 aromatic heterocycles. The van der Waals surface area contributed by atoms with E-state index in [0.29, 0.717) is 29.8 Å². The summed E-state index contributed by atoms with van der Waals surface area (Å²) in [6, 6.07) is 0. The van der Waals surface area contributed by atoms with Gasteiger partial charge in [0.1, 0.15) is 0 Å². The van der Waals surface area contributed by atoms with Gasteiger partial charge >= 0.3 is 0 Å². The minimum Gasteiger partial charge on any atom is -0.412 e. The minimum absolute atomic E-state index is 0.153. The first kappa shape index (κ1) is 23.6. The van der Waals surface area contributed by atoms with Crippen LogP contribution in [-0.4, -0.2) is 38.3 Å². The molecule has 2 atom stereocenters.